The van der Waals surface area contributed by atoms with Crippen molar-refractivity contribution in [1.82, 2.24) is 4.98 Å². The fraction of sp³-hybridized carbons (Fsp3) is 0.320. The van der Waals surface area contributed by atoms with E-state index >= 15 is 0 Å². The van der Waals surface area contributed by atoms with Crippen LogP contribution >= 0.6 is 11.3 Å². The maximum Gasteiger partial charge on any atom is 0.258 e. The molecule has 4 N–H and O–H groups in total. The number of amides is 2. The molecule has 1 atom stereocenters. The van der Waals surface area contributed by atoms with Gasteiger partial charge in [0.25, 0.3) is 11.8 Å². The van der Waals surface area contributed by atoms with E-state index in [4.69, 9.17) is 16.5 Å². The summed E-state index contributed by atoms with van der Waals surface area (Å²) >= 11 is 1.27. The van der Waals surface area contributed by atoms with E-state index in [9.17, 15) is 14.0 Å². The van der Waals surface area contributed by atoms with Gasteiger partial charge in [-0.05, 0) is 67.0 Å². The molecule has 0 radical (unpaired) electrons. The number of hydrogen-bond donors (Lipinski definition) is 2. The van der Waals surface area contributed by atoms with Crippen molar-refractivity contribution in [3.63, 3.8) is 0 Å². The Balaban J connectivity index is 1.87. The van der Waals surface area contributed by atoms with Crippen LogP contribution in [0.2, 0.25) is 0 Å². The maximum absolute atomic E-state index is 13.3. The third kappa shape index (κ3) is 4.30. The molecular weight excluding hydrogens is 425 g/mol. The van der Waals surface area contributed by atoms with Crippen molar-refractivity contribution in [3.8, 4) is 10.4 Å². The van der Waals surface area contributed by atoms with Crippen LogP contribution in [0.3, 0.4) is 0 Å². The highest BCUT2D eigenvalue weighted by molar-refractivity contribution is 7.17. The van der Waals surface area contributed by atoms with E-state index < -0.39 is 11.8 Å². The van der Waals surface area contributed by atoms with Crippen LogP contribution in [0.1, 0.15) is 68.7 Å². The van der Waals surface area contributed by atoms with Crippen LogP contribution in [0.25, 0.3) is 10.4 Å². The van der Waals surface area contributed by atoms with Crippen LogP contribution < -0.4 is 11.5 Å². The molecule has 2 heterocycles. The summed E-state index contributed by atoms with van der Waals surface area (Å²) in [5, 5.41) is 0. The molecule has 5 nitrogen and oxygen atoms in total. The van der Waals surface area contributed by atoms with Crippen LogP contribution in [0.15, 0.2) is 36.4 Å². The standard InChI is InChI=1S/C25H26FN3O2S/c1-13(2)11-18-22(25(28)31)21(19-9-10-20(32-19)24(27)30)17-8-5-15(23(17)29-18)12-14-3-6-16(26)7-4-14/h3-4,6-7,9-10,13,15H,5,8,11-12H2,1-2H3,(H2,27,30)(H2,28,31). The van der Waals surface area contributed by atoms with E-state index in [1.54, 1.807) is 18.2 Å². The van der Waals surface area contributed by atoms with Gasteiger partial charge in [0.1, 0.15) is 5.82 Å². The molecule has 2 aromatic heterocycles. The first-order valence-electron chi connectivity index (χ1n) is 10.7. The van der Waals surface area contributed by atoms with Crippen LogP contribution in [0.5, 0.6) is 0 Å². The molecule has 7 heteroatoms. The molecule has 0 spiro atoms. The number of nitrogens with two attached hydrogens (primary N) is 2. The van der Waals surface area contributed by atoms with E-state index in [-0.39, 0.29) is 17.7 Å². The SMILES string of the molecule is CC(C)Cc1nc2c(c(-c3ccc(C(N)=O)s3)c1C(N)=O)CCC2Cc1ccc(F)cc1. The summed E-state index contributed by atoms with van der Waals surface area (Å²) in [5.41, 5.74) is 16.3. The van der Waals surface area contributed by atoms with Crippen LogP contribution in [0, 0.1) is 11.7 Å². The molecule has 0 aliphatic heterocycles. The Morgan fingerprint density at radius 3 is 2.44 bits per heavy atom. The van der Waals surface area contributed by atoms with Crippen molar-refractivity contribution < 1.29 is 14.0 Å². The highest BCUT2D eigenvalue weighted by atomic mass is 32.1. The number of halogens is 1. The lowest BCUT2D eigenvalue weighted by molar-refractivity contribution is 0.0993. The first-order chi connectivity index (χ1) is 15.2. The normalized spacial score (nSPS) is 15.2. The highest BCUT2D eigenvalue weighted by Gasteiger charge is 2.32. The summed E-state index contributed by atoms with van der Waals surface area (Å²) in [6.07, 6.45) is 3.00. The molecule has 1 aliphatic carbocycles. The van der Waals surface area contributed by atoms with Gasteiger partial charge in [-0.3, -0.25) is 14.6 Å². The summed E-state index contributed by atoms with van der Waals surface area (Å²) in [5.74, 6) is -0.814. The van der Waals surface area contributed by atoms with Gasteiger partial charge in [-0.2, -0.15) is 0 Å². The number of thiophene rings is 1. The summed E-state index contributed by atoms with van der Waals surface area (Å²) in [4.78, 5) is 30.5. The lowest BCUT2D eigenvalue weighted by Crippen LogP contribution is -2.20. The molecule has 1 aromatic carbocycles. The number of rotatable bonds is 7. The third-order valence-electron chi connectivity index (χ3n) is 5.87. The van der Waals surface area contributed by atoms with Gasteiger partial charge in [-0.25, -0.2) is 4.39 Å². The predicted octanol–water partition coefficient (Wildman–Crippen LogP) is 4.62. The Bertz CT molecular complexity index is 1180. The van der Waals surface area contributed by atoms with Gasteiger partial charge in [0, 0.05) is 22.1 Å². The van der Waals surface area contributed by atoms with Crippen LogP contribution in [-0.2, 0) is 19.3 Å². The van der Waals surface area contributed by atoms with Crippen molar-refractivity contribution in [1.29, 1.82) is 0 Å². The minimum absolute atomic E-state index is 0.164. The highest BCUT2D eigenvalue weighted by Crippen LogP contribution is 2.44. The van der Waals surface area contributed by atoms with Crippen LogP contribution in [0.4, 0.5) is 4.39 Å². The topological polar surface area (TPSA) is 99.1 Å². The number of benzene rings is 1. The van der Waals surface area contributed by atoms with E-state index in [1.165, 1.54) is 23.5 Å². The number of pyridine rings is 1. The minimum Gasteiger partial charge on any atom is -0.366 e. The van der Waals surface area contributed by atoms with Crippen LogP contribution in [-0.4, -0.2) is 16.8 Å². The number of hydrogen-bond acceptors (Lipinski definition) is 4. The summed E-state index contributed by atoms with van der Waals surface area (Å²) < 4.78 is 13.3. The fourth-order valence-electron chi connectivity index (χ4n) is 4.52. The Morgan fingerprint density at radius 1 is 1.12 bits per heavy atom. The second-order valence-corrected chi connectivity index (χ2v) is 9.81. The average molecular weight is 452 g/mol. The first kappa shape index (κ1) is 22.1. The zero-order valence-electron chi connectivity index (χ0n) is 18.2. The lowest BCUT2D eigenvalue weighted by atomic mass is 9.91. The number of fused-ring (bicyclic) bond motifs is 1. The van der Waals surface area contributed by atoms with Crippen molar-refractivity contribution >= 4 is 23.2 Å². The molecule has 32 heavy (non-hydrogen) atoms. The smallest absolute Gasteiger partial charge is 0.258 e. The monoisotopic (exact) mass is 451 g/mol. The summed E-state index contributed by atoms with van der Waals surface area (Å²) in [7, 11) is 0. The number of carbonyl (C=O) groups is 2. The van der Waals surface area contributed by atoms with Gasteiger partial charge < -0.3 is 11.5 Å². The van der Waals surface area contributed by atoms with E-state index in [2.05, 4.69) is 13.8 Å². The van der Waals surface area contributed by atoms with Gasteiger partial charge in [0.15, 0.2) is 0 Å². The number of nitrogens with zero attached hydrogens (tertiary/aromatic N) is 1. The molecule has 0 bridgehead atoms. The van der Waals surface area contributed by atoms with Gasteiger partial charge in [-0.1, -0.05) is 26.0 Å². The second-order valence-electron chi connectivity index (χ2n) is 8.73. The number of primary amides is 2. The van der Waals surface area contributed by atoms with Gasteiger partial charge in [0.05, 0.1) is 16.1 Å². The zero-order chi connectivity index (χ0) is 23.0. The maximum atomic E-state index is 13.3. The summed E-state index contributed by atoms with van der Waals surface area (Å²) in [6.45, 7) is 4.15. The first-order valence-corrected chi connectivity index (χ1v) is 11.6. The third-order valence-corrected chi connectivity index (χ3v) is 6.99. The lowest BCUT2D eigenvalue weighted by Gasteiger charge is -2.19. The van der Waals surface area contributed by atoms with Crippen molar-refractivity contribution in [2.75, 3.05) is 0 Å². The molecule has 1 unspecified atom stereocenters. The molecule has 1 aliphatic rings. The fourth-order valence-corrected chi connectivity index (χ4v) is 5.46. The molecule has 4 rings (SSSR count). The predicted molar refractivity (Wildman–Crippen MR) is 124 cm³/mol. The molecule has 0 saturated heterocycles. The largest absolute Gasteiger partial charge is 0.366 e. The molecule has 0 fully saturated rings. The Kier molecular flexibility index (Phi) is 6.11. The number of aromatic nitrogens is 1. The summed E-state index contributed by atoms with van der Waals surface area (Å²) in [6, 6.07) is 10.1. The van der Waals surface area contributed by atoms with Gasteiger partial charge in [-0.15, -0.1) is 11.3 Å². The second kappa shape index (κ2) is 8.82. The van der Waals surface area contributed by atoms with Crippen molar-refractivity contribution in [2.24, 2.45) is 17.4 Å². The minimum atomic E-state index is -0.512. The quantitative estimate of drug-likeness (QED) is 0.548. The Labute approximate surface area is 190 Å². The van der Waals surface area contributed by atoms with E-state index in [0.717, 1.165) is 46.5 Å². The van der Waals surface area contributed by atoms with E-state index in [0.29, 0.717) is 22.6 Å². The zero-order valence-corrected chi connectivity index (χ0v) is 19.0. The molecule has 0 saturated carbocycles. The Morgan fingerprint density at radius 2 is 1.84 bits per heavy atom. The van der Waals surface area contributed by atoms with Gasteiger partial charge >= 0.3 is 0 Å². The van der Waals surface area contributed by atoms with Gasteiger partial charge in [0.2, 0.25) is 0 Å². The number of carbonyl (C=O) groups excluding carboxylic acids is 2. The Hall–Kier alpha value is -3.06. The molecule has 3 aromatic rings. The molecule has 166 valence electrons. The molecule has 2 amide bonds. The van der Waals surface area contributed by atoms with Crippen molar-refractivity contribution in [2.45, 2.75) is 45.4 Å². The van der Waals surface area contributed by atoms with Crippen molar-refractivity contribution in [3.05, 3.63) is 75.2 Å². The van der Waals surface area contributed by atoms with E-state index in [1.807, 2.05) is 6.07 Å². The molecular formula is C25H26FN3O2S. The average Bonchev–Trinajstić information content (AvgIpc) is 3.36.